The van der Waals surface area contributed by atoms with Gasteiger partial charge in [0, 0.05) is 0 Å². The molecule has 0 N–H and O–H groups in total. The van der Waals surface area contributed by atoms with Crippen molar-refractivity contribution in [1.29, 1.82) is 0 Å². The first-order valence-corrected chi connectivity index (χ1v) is 17.1. The summed E-state index contributed by atoms with van der Waals surface area (Å²) in [5.41, 5.74) is 15.4. The quantitative estimate of drug-likeness (QED) is 0.186. The van der Waals surface area contributed by atoms with Crippen LogP contribution in [-0.2, 0) is 16.2 Å². The topological polar surface area (TPSA) is 0 Å². The maximum Gasteiger partial charge on any atom is 0.0714 e. The Hall–Kier alpha value is -4.68. The number of allylic oxidation sites excluding steroid dienone is 1. The summed E-state index contributed by atoms with van der Waals surface area (Å²) in [7, 11) is 0. The van der Waals surface area contributed by atoms with E-state index in [0.717, 1.165) is 0 Å². The Morgan fingerprint density at radius 1 is 0.553 bits per heavy atom. The van der Waals surface area contributed by atoms with Crippen molar-refractivity contribution in [1.82, 2.24) is 0 Å². The highest BCUT2D eigenvalue weighted by molar-refractivity contribution is 6.09. The Bertz CT molecular complexity index is 2070. The van der Waals surface area contributed by atoms with Crippen molar-refractivity contribution in [2.24, 2.45) is 0 Å². The molecule has 7 rings (SSSR count). The van der Waals surface area contributed by atoms with Crippen LogP contribution in [0.15, 0.2) is 133 Å². The fourth-order valence-corrected chi connectivity index (χ4v) is 7.84. The molecule has 0 unspecified atom stereocenters. The number of fused-ring (bicyclic) bond motifs is 5. The first-order valence-electron chi connectivity index (χ1n) is 17.1. The molecule has 0 heterocycles. The zero-order valence-corrected chi connectivity index (χ0v) is 29.2. The van der Waals surface area contributed by atoms with Gasteiger partial charge in [-0.3, -0.25) is 0 Å². The van der Waals surface area contributed by atoms with Crippen LogP contribution in [-0.4, -0.2) is 0 Å². The molecule has 47 heavy (non-hydrogen) atoms. The fraction of sp³-hybridized carbons (Fsp3) is 0.234. The van der Waals surface area contributed by atoms with Crippen LogP contribution in [0.4, 0.5) is 0 Å². The predicted molar refractivity (Wildman–Crippen MR) is 203 cm³/mol. The lowest BCUT2D eigenvalue weighted by Crippen LogP contribution is -2.29. The van der Waals surface area contributed by atoms with Gasteiger partial charge >= 0.3 is 0 Å². The van der Waals surface area contributed by atoms with Gasteiger partial charge in [0.05, 0.1) is 5.41 Å². The van der Waals surface area contributed by atoms with Crippen LogP contribution in [0.3, 0.4) is 0 Å². The summed E-state index contributed by atoms with van der Waals surface area (Å²) in [5, 5.41) is 2.59. The monoisotopic (exact) mass is 610 g/mol. The van der Waals surface area contributed by atoms with Crippen molar-refractivity contribution in [2.45, 2.75) is 71.6 Å². The molecule has 0 aromatic heterocycles. The summed E-state index contributed by atoms with van der Waals surface area (Å²) in [6, 6.07) is 48.6. The van der Waals surface area contributed by atoms with Crippen LogP contribution in [0.1, 0.15) is 98.5 Å². The molecule has 1 aliphatic carbocycles. The van der Waals surface area contributed by atoms with Gasteiger partial charge in [-0.15, -0.1) is 0 Å². The number of benzene rings is 6. The molecule has 0 saturated carbocycles. The van der Waals surface area contributed by atoms with Crippen LogP contribution >= 0.6 is 0 Å². The maximum absolute atomic E-state index is 2.53. The van der Waals surface area contributed by atoms with E-state index in [-0.39, 0.29) is 10.8 Å². The molecular weight excluding hydrogens is 565 g/mol. The highest BCUT2D eigenvalue weighted by Gasteiger charge is 2.47. The third kappa shape index (κ3) is 4.97. The normalized spacial score (nSPS) is 14.3. The first-order chi connectivity index (χ1) is 22.4. The average molecular weight is 611 g/mol. The second kappa shape index (κ2) is 11.2. The smallest absolute Gasteiger partial charge is 0.0714 e. The van der Waals surface area contributed by atoms with Crippen LogP contribution in [0, 0.1) is 6.92 Å². The SMILES string of the molecule is CC=C(c1ccccc1)c1cc2c(c3ccccc13)-c1ccc(C)cc1C2(c1ccc(C(C)(C)C)cc1)c1ccc(C(C)(C)C)cc1. The predicted octanol–water partition coefficient (Wildman–Crippen LogP) is 12.6. The molecule has 0 heteroatoms. The van der Waals surface area contributed by atoms with Crippen molar-refractivity contribution in [3.05, 3.63) is 184 Å². The Morgan fingerprint density at radius 3 is 1.62 bits per heavy atom. The van der Waals surface area contributed by atoms with E-state index >= 15 is 0 Å². The summed E-state index contributed by atoms with van der Waals surface area (Å²) < 4.78 is 0. The zero-order valence-electron chi connectivity index (χ0n) is 29.2. The Kier molecular flexibility index (Phi) is 7.40. The minimum Gasteiger partial charge on any atom is -0.0792 e. The van der Waals surface area contributed by atoms with Gasteiger partial charge in [0.25, 0.3) is 0 Å². The van der Waals surface area contributed by atoms with Crippen molar-refractivity contribution in [2.75, 3.05) is 0 Å². The molecular formula is C47H46. The third-order valence-electron chi connectivity index (χ3n) is 10.3. The maximum atomic E-state index is 2.53. The molecule has 0 amide bonds. The first kappa shape index (κ1) is 30.9. The van der Waals surface area contributed by atoms with Gasteiger partial charge in [0.15, 0.2) is 0 Å². The largest absolute Gasteiger partial charge is 0.0792 e. The number of hydrogen-bond donors (Lipinski definition) is 0. The molecule has 0 radical (unpaired) electrons. The van der Waals surface area contributed by atoms with Crippen LogP contribution in [0.5, 0.6) is 0 Å². The summed E-state index contributed by atoms with van der Waals surface area (Å²) in [4.78, 5) is 0. The van der Waals surface area contributed by atoms with E-state index in [0.29, 0.717) is 0 Å². The molecule has 0 spiro atoms. The molecule has 0 saturated heterocycles. The van der Waals surface area contributed by atoms with E-state index in [1.165, 1.54) is 77.5 Å². The second-order valence-electron chi connectivity index (χ2n) is 15.4. The molecule has 234 valence electrons. The van der Waals surface area contributed by atoms with Crippen molar-refractivity contribution >= 4 is 16.3 Å². The molecule has 0 bridgehead atoms. The molecule has 0 nitrogen and oxygen atoms in total. The molecule has 0 atom stereocenters. The lowest BCUT2D eigenvalue weighted by molar-refractivity contribution is 0.588. The van der Waals surface area contributed by atoms with Gasteiger partial charge in [-0.05, 0) is 103 Å². The summed E-state index contributed by atoms with van der Waals surface area (Å²) in [6.07, 6.45) is 2.29. The minimum atomic E-state index is -0.488. The molecule has 6 aromatic rings. The van der Waals surface area contributed by atoms with Gasteiger partial charge in [0.1, 0.15) is 0 Å². The third-order valence-corrected chi connectivity index (χ3v) is 10.3. The lowest BCUT2D eigenvalue weighted by atomic mass is 9.66. The van der Waals surface area contributed by atoms with Crippen LogP contribution in [0.25, 0.3) is 27.5 Å². The number of hydrogen-bond acceptors (Lipinski definition) is 0. The average Bonchev–Trinajstić information content (AvgIpc) is 3.35. The molecule has 6 aromatic carbocycles. The van der Waals surface area contributed by atoms with Crippen LogP contribution < -0.4 is 0 Å². The Labute approximate surface area is 281 Å². The van der Waals surface area contributed by atoms with E-state index in [1.54, 1.807) is 0 Å². The summed E-state index contributed by atoms with van der Waals surface area (Å²) >= 11 is 0. The van der Waals surface area contributed by atoms with Gasteiger partial charge in [-0.1, -0.05) is 175 Å². The Morgan fingerprint density at radius 2 is 1.09 bits per heavy atom. The second-order valence-corrected chi connectivity index (χ2v) is 15.4. The van der Waals surface area contributed by atoms with E-state index in [9.17, 15) is 0 Å². The highest BCUT2D eigenvalue weighted by atomic mass is 14.5. The van der Waals surface area contributed by atoms with Crippen LogP contribution in [0.2, 0.25) is 0 Å². The van der Waals surface area contributed by atoms with Gasteiger partial charge in [-0.25, -0.2) is 0 Å². The fourth-order valence-electron chi connectivity index (χ4n) is 7.84. The van der Waals surface area contributed by atoms with Crippen molar-refractivity contribution in [3.8, 4) is 11.1 Å². The van der Waals surface area contributed by atoms with Gasteiger partial charge < -0.3 is 0 Å². The van der Waals surface area contributed by atoms with Gasteiger partial charge in [-0.2, -0.15) is 0 Å². The van der Waals surface area contributed by atoms with Crippen molar-refractivity contribution in [3.63, 3.8) is 0 Å². The molecule has 1 aliphatic rings. The molecule has 0 fully saturated rings. The van der Waals surface area contributed by atoms with Crippen molar-refractivity contribution < 1.29 is 0 Å². The standard InChI is InChI=1S/C47H46/c1-9-37(32-15-11-10-12-16-32)41-30-43-44(39-18-14-13-17-38(39)41)40-28-19-31(2)29-42(40)47(43,35-24-20-33(21-25-35)45(3,4)5)36-26-22-34(23-27-36)46(6,7)8/h9-30H,1-8H3. The molecule has 0 aliphatic heterocycles. The number of rotatable bonds is 4. The number of aryl methyl sites for hydroxylation is 1. The van der Waals surface area contributed by atoms with E-state index in [1.807, 2.05) is 0 Å². The highest BCUT2D eigenvalue weighted by Crippen LogP contribution is 2.59. The van der Waals surface area contributed by atoms with E-state index in [2.05, 4.69) is 189 Å². The van der Waals surface area contributed by atoms with E-state index < -0.39 is 5.41 Å². The zero-order chi connectivity index (χ0) is 33.1. The summed E-state index contributed by atoms with van der Waals surface area (Å²) in [5.74, 6) is 0. The van der Waals surface area contributed by atoms with E-state index in [4.69, 9.17) is 0 Å². The summed E-state index contributed by atoms with van der Waals surface area (Å²) in [6.45, 7) is 18.2. The lowest BCUT2D eigenvalue weighted by Gasteiger charge is -2.35. The van der Waals surface area contributed by atoms with Gasteiger partial charge in [0.2, 0.25) is 0 Å². The Balaban J connectivity index is 1.65. The minimum absolute atomic E-state index is 0.0714.